The van der Waals surface area contributed by atoms with Gasteiger partial charge in [-0.1, -0.05) is 78.0 Å². The number of rotatable bonds is 3. The van der Waals surface area contributed by atoms with Gasteiger partial charge in [0.1, 0.15) is 11.5 Å². The Labute approximate surface area is 287 Å². The van der Waals surface area contributed by atoms with Crippen LogP contribution >= 0.6 is 0 Å². The van der Waals surface area contributed by atoms with Gasteiger partial charge in [-0.2, -0.15) is 0 Å². The molecule has 7 rings (SSSR count). The minimum atomic E-state index is -0.251. The molecule has 0 spiro atoms. The normalized spacial score (nSPS) is 19.9. The van der Waals surface area contributed by atoms with E-state index >= 15 is 0 Å². The first-order valence-electron chi connectivity index (χ1n) is 16.3. The van der Waals surface area contributed by atoms with Crippen LogP contribution in [-0.2, 0) is 36.6 Å². The summed E-state index contributed by atoms with van der Waals surface area (Å²) in [6.45, 7) is 19.6. The molecule has 0 radical (unpaired) electrons. The number of pyridine rings is 1. The van der Waals surface area contributed by atoms with E-state index < -0.39 is 0 Å². The molecule has 0 saturated heterocycles. The van der Waals surface area contributed by atoms with Gasteiger partial charge in [-0.3, -0.25) is 15.0 Å². The average Bonchev–Trinajstić information content (AvgIpc) is 3.50. The Morgan fingerprint density at radius 2 is 1.65 bits per heavy atom. The summed E-state index contributed by atoms with van der Waals surface area (Å²) >= 11 is 0. The first-order chi connectivity index (χ1) is 21.2. The van der Waals surface area contributed by atoms with Crippen LogP contribution in [0.5, 0.6) is 0 Å². The van der Waals surface area contributed by atoms with E-state index in [1.54, 1.807) is 0 Å². The molecule has 1 fully saturated rings. The molecule has 2 atom stereocenters. The van der Waals surface area contributed by atoms with Crippen molar-refractivity contribution < 1.29 is 25.8 Å². The Hall–Kier alpha value is -3.37. The van der Waals surface area contributed by atoms with E-state index in [1.807, 2.05) is 12.3 Å². The molecular weight excluding hydrogens is 750 g/mol. The predicted molar refractivity (Wildman–Crippen MR) is 182 cm³/mol. The molecule has 1 aliphatic heterocycles. The van der Waals surface area contributed by atoms with E-state index in [-0.39, 0.29) is 43.5 Å². The van der Waals surface area contributed by atoms with Gasteiger partial charge in [0.2, 0.25) is 0 Å². The average molecular weight is 793 g/mol. The number of fused-ring (bicyclic) bond motifs is 4. The minimum Gasteiger partial charge on any atom is -0.527 e. The molecule has 6 nitrogen and oxygen atoms in total. The molecule has 1 saturated carbocycles. The van der Waals surface area contributed by atoms with Gasteiger partial charge < -0.3 is 14.3 Å². The molecule has 0 unspecified atom stereocenters. The summed E-state index contributed by atoms with van der Waals surface area (Å²) in [7, 11) is 0. The van der Waals surface area contributed by atoms with Gasteiger partial charge in [-0.15, -0.1) is 41.0 Å². The van der Waals surface area contributed by atoms with Crippen LogP contribution < -0.4 is 0 Å². The van der Waals surface area contributed by atoms with E-state index in [1.165, 1.54) is 18.4 Å². The zero-order valence-corrected chi connectivity index (χ0v) is 30.7. The van der Waals surface area contributed by atoms with Crippen molar-refractivity contribution in [1.82, 2.24) is 19.5 Å². The van der Waals surface area contributed by atoms with Gasteiger partial charge in [0, 0.05) is 22.8 Å². The van der Waals surface area contributed by atoms with Crippen molar-refractivity contribution in [3.05, 3.63) is 82.8 Å². The van der Waals surface area contributed by atoms with Gasteiger partial charge in [0.25, 0.3) is 0 Å². The van der Waals surface area contributed by atoms with Gasteiger partial charge in [0.15, 0.2) is 0 Å². The summed E-state index contributed by atoms with van der Waals surface area (Å²) in [4.78, 5) is 20.1. The number of hydrogen-bond acceptors (Lipinski definition) is 5. The molecule has 5 aromatic rings. The molecule has 4 heterocycles. The quantitative estimate of drug-likeness (QED) is 0.171. The topological polar surface area (TPSA) is 65.2 Å². The number of aryl methyl sites for hydroxylation is 2. The minimum absolute atomic E-state index is 0. The van der Waals surface area contributed by atoms with E-state index in [0.29, 0.717) is 17.5 Å². The second kappa shape index (κ2) is 11.4. The Morgan fingerprint density at radius 1 is 0.891 bits per heavy atom. The first-order valence-corrected chi connectivity index (χ1v) is 16.3. The summed E-state index contributed by atoms with van der Waals surface area (Å²) in [5.74, 6) is 2.08. The van der Waals surface area contributed by atoms with Crippen LogP contribution in [0.4, 0.5) is 0 Å². The van der Waals surface area contributed by atoms with Crippen LogP contribution in [0.2, 0.25) is 0 Å². The van der Waals surface area contributed by atoms with Crippen LogP contribution in [0.3, 0.4) is 0 Å². The number of aromatic nitrogens is 4. The zero-order valence-electron chi connectivity index (χ0n) is 28.4. The van der Waals surface area contributed by atoms with Gasteiger partial charge in [-0.05, 0) is 67.3 Å². The third-order valence-corrected chi connectivity index (χ3v) is 9.48. The van der Waals surface area contributed by atoms with Crippen LogP contribution in [0, 0.1) is 26.0 Å². The number of benzene rings is 2. The van der Waals surface area contributed by atoms with E-state index in [9.17, 15) is 0 Å². The van der Waals surface area contributed by atoms with E-state index in [4.69, 9.17) is 24.7 Å². The molecule has 46 heavy (non-hydrogen) atoms. The van der Waals surface area contributed by atoms with Crippen LogP contribution in [0.15, 0.2) is 47.6 Å². The largest absolute Gasteiger partial charge is 2.00 e. The fraction of sp³-hybridized carbons (Fsp3) is 0.436. The molecule has 0 amide bonds. The van der Waals surface area contributed by atoms with Crippen molar-refractivity contribution in [3.8, 4) is 17.2 Å². The Kier molecular flexibility index (Phi) is 8.07. The third-order valence-electron chi connectivity index (χ3n) is 9.48. The van der Waals surface area contributed by atoms with Crippen molar-refractivity contribution in [3.63, 3.8) is 0 Å². The molecule has 2 aliphatic rings. The second-order valence-corrected chi connectivity index (χ2v) is 15.3. The summed E-state index contributed by atoms with van der Waals surface area (Å²) in [6.07, 6.45) is 6.31. The standard InChI is InChI=1S/C39H43N5O.Pt/c1-23-13-14-29-27(18-23)28-19-24(2)26(35-40-17-15-31(42-35)37(3,4)5)22-30(28)44(29)34-21-25(20-33(41-34)38(6,7)8)36-43-32-12-10-11-16-39(32,9)45-36;/h13-15,17-20,32H,10-12,16H2,1-9H3;/q-2;+2/t32-,39-;/m0./s1. The van der Waals surface area contributed by atoms with E-state index in [2.05, 4.69) is 109 Å². The summed E-state index contributed by atoms with van der Waals surface area (Å²) in [5.41, 5.74) is 7.45. The zero-order chi connectivity index (χ0) is 31.9. The van der Waals surface area contributed by atoms with Crippen molar-refractivity contribution in [1.29, 1.82) is 0 Å². The summed E-state index contributed by atoms with van der Waals surface area (Å²) in [6, 6.07) is 20.6. The number of ether oxygens (including phenoxy) is 1. The molecule has 3 aromatic heterocycles. The smallest absolute Gasteiger partial charge is 0.527 e. The van der Waals surface area contributed by atoms with Crippen molar-refractivity contribution in [2.75, 3.05) is 0 Å². The van der Waals surface area contributed by atoms with Crippen LogP contribution in [0.1, 0.15) is 102 Å². The Morgan fingerprint density at radius 3 is 2.37 bits per heavy atom. The summed E-state index contributed by atoms with van der Waals surface area (Å²) in [5, 5.41) is 2.28. The maximum Gasteiger partial charge on any atom is 2.00 e. The van der Waals surface area contributed by atoms with Crippen molar-refractivity contribution in [2.24, 2.45) is 4.99 Å². The maximum atomic E-state index is 6.66. The fourth-order valence-electron chi connectivity index (χ4n) is 6.75. The Bertz CT molecular complexity index is 2010. The molecule has 7 heteroatoms. The molecular formula is C39H43N5OPt. The monoisotopic (exact) mass is 792 g/mol. The van der Waals surface area contributed by atoms with Gasteiger partial charge in [0.05, 0.1) is 17.7 Å². The predicted octanol–water partition coefficient (Wildman–Crippen LogP) is 8.92. The Balaban J connectivity index is 0.00000372. The molecule has 0 bridgehead atoms. The van der Waals surface area contributed by atoms with Crippen LogP contribution in [0.25, 0.3) is 39.0 Å². The molecule has 0 N–H and O–H groups in total. The van der Waals surface area contributed by atoms with E-state index in [0.717, 1.165) is 62.7 Å². The van der Waals surface area contributed by atoms with Gasteiger partial charge in [-0.25, -0.2) is 0 Å². The molecule has 240 valence electrons. The first kappa shape index (κ1) is 32.6. The molecule has 1 aliphatic carbocycles. The number of hydrogen-bond donors (Lipinski definition) is 0. The van der Waals surface area contributed by atoms with Crippen molar-refractivity contribution in [2.45, 2.75) is 110 Å². The number of nitrogens with zero attached hydrogens (tertiary/aromatic N) is 5. The maximum absolute atomic E-state index is 6.66. The van der Waals surface area contributed by atoms with Gasteiger partial charge >= 0.3 is 21.1 Å². The van der Waals surface area contributed by atoms with Crippen LogP contribution in [-0.4, -0.2) is 37.1 Å². The van der Waals surface area contributed by atoms with Crippen molar-refractivity contribution >= 4 is 27.7 Å². The SMILES string of the molecule is Cc1ccc2c(c1)c1cc(C)c(-c3nccc(C(C)(C)C)n3)[c-]c1n2-c1[c-]c(C2=N[C@H]3CCCC[C@]3(C)O2)cc(C(C)(C)C)n1.[Pt+2]. The fourth-order valence-corrected chi connectivity index (χ4v) is 6.75. The second-order valence-electron chi connectivity index (χ2n) is 15.3. The molecule has 2 aromatic carbocycles. The number of aliphatic imine (C=N–C) groups is 1. The third kappa shape index (κ3) is 5.61. The summed E-state index contributed by atoms with van der Waals surface area (Å²) < 4.78 is 8.86.